The lowest BCUT2D eigenvalue weighted by Crippen LogP contribution is -2.35. The minimum Gasteiger partial charge on any atom is -0.192 e. The van der Waals surface area contributed by atoms with E-state index in [0.29, 0.717) is 5.56 Å². The molecule has 3 rings (SSSR count). The molecule has 0 N–H and O–H groups in total. The summed E-state index contributed by atoms with van der Waals surface area (Å²) in [5.74, 6) is 0. The van der Waals surface area contributed by atoms with Crippen molar-refractivity contribution in [1.82, 2.24) is 0 Å². The molecule has 0 saturated heterocycles. The van der Waals surface area contributed by atoms with E-state index in [1.54, 1.807) is 22.7 Å². The molecule has 0 spiro atoms. The number of nitriles is 1. The Morgan fingerprint density at radius 3 is 1.59 bits per heavy atom. The smallest absolute Gasteiger partial charge is 0.192 e. The number of aromatic nitrogens is 2. The topological polar surface area (TPSA) is 31.5 Å². The number of hydrogen-bond donors (Lipinski definition) is 0. The van der Waals surface area contributed by atoms with Crippen LogP contribution in [-0.2, 0) is 0 Å². The van der Waals surface area contributed by atoms with Gasteiger partial charge in [-0.2, -0.15) is 14.4 Å². The number of hydrogen-bond acceptors (Lipinski definition) is 3. The standard InChI is InChI=1S/C17H17N3S2/c1-11-13(3)21-9-19(11)16-5-15(8-18)6-17(7-16)20-10-22-14(4)12(20)2/h5-7,9-10H,1-4H3/q+2. The third-order valence-corrected chi connectivity index (χ3v) is 5.93. The van der Waals surface area contributed by atoms with Crippen LogP contribution in [0.25, 0.3) is 11.4 Å². The van der Waals surface area contributed by atoms with Crippen LogP contribution in [0.4, 0.5) is 0 Å². The summed E-state index contributed by atoms with van der Waals surface area (Å²) in [6.45, 7) is 8.45. The largest absolute Gasteiger partial charge is 0.231 e. The fourth-order valence-corrected chi connectivity index (χ4v) is 4.00. The summed E-state index contributed by atoms with van der Waals surface area (Å²) in [6.07, 6.45) is 0. The Labute approximate surface area is 138 Å². The van der Waals surface area contributed by atoms with Crippen LogP contribution in [0.15, 0.2) is 29.2 Å². The first kappa shape index (κ1) is 14.9. The molecule has 0 fully saturated rings. The van der Waals surface area contributed by atoms with Crippen LogP contribution in [0.3, 0.4) is 0 Å². The van der Waals surface area contributed by atoms with Crippen molar-refractivity contribution in [2.75, 3.05) is 0 Å². The zero-order valence-electron chi connectivity index (χ0n) is 13.0. The van der Waals surface area contributed by atoms with E-state index < -0.39 is 0 Å². The molecule has 0 unspecified atom stereocenters. The Morgan fingerprint density at radius 2 is 1.27 bits per heavy atom. The van der Waals surface area contributed by atoms with Gasteiger partial charge in [-0.3, -0.25) is 0 Å². The van der Waals surface area contributed by atoms with Crippen molar-refractivity contribution in [3.63, 3.8) is 0 Å². The van der Waals surface area contributed by atoms with Crippen LogP contribution in [0.5, 0.6) is 0 Å². The predicted molar refractivity (Wildman–Crippen MR) is 88.9 cm³/mol. The zero-order chi connectivity index (χ0) is 15.9. The highest BCUT2D eigenvalue weighted by Gasteiger charge is 2.22. The first-order valence-corrected chi connectivity index (χ1v) is 8.76. The molecule has 0 saturated carbocycles. The third kappa shape index (κ3) is 2.45. The molecule has 2 heterocycles. The van der Waals surface area contributed by atoms with Gasteiger partial charge in [0.05, 0.1) is 27.5 Å². The number of nitrogens with zero attached hydrogens (tertiary/aromatic N) is 3. The predicted octanol–water partition coefficient (Wildman–Crippen LogP) is 3.47. The molecule has 22 heavy (non-hydrogen) atoms. The fraction of sp³-hybridized carbons (Fsp3) is 0.235. The van der Waals surface area contributed by atoms with E-state index in [2.05, 4.69) is 60.0 Å². The van der Waals surface area contributed by atoms with Crippen molar-refractivity contribution in [2.24, 2.45) is 0 Å². The van der Waals surface area contributed by atoms with Crippen molar-refractivity contribution < 1.29 is 9.13 Å². The van der Waals surface area contributed by atoms with Crippen molar-refractivity contribution in [3.05, 3.63) is 55.9 Å². The Morgan fingerprint density at radius 1 is 0.818 bits per heavy atom. The molecule has 3 aromatic rings. The molecule has 0 amide bonds. The minimum absolute atomic E-state index is 0.680. The summed E-state index contributed by atoms with van der Waals surface area (Å²) in [4.78, 5) is 2.58. The van der Waals surface area contributed by atoms with Crippen LogP contribution < -0.4 is 9.13 Å². The van der Waals surface area contributed by atoms with Crippen molar-refractivity contribution in [1.29, 1.82) is 5.26 Å². The summed E-state index contributed by atoms with van der Waals surface area (Å²) in [7, 11) is 0. The van der Waals surface area contributed by atoms with Crippen LogP contribution in [0, 0.1) is 39.0 Å². The maximum absolute atomic E-state index is 9.37. The Hall–Kier alpha value is -2.03. The average Bonchev–Trinajstić information content (AvgIpc) is 3.03. The third-order valence-electron chi connectivity index (χ3n) is 4.00. The van der Waals surface area contributed by atoms with E-state index in [1.165, 1.54) is 21.1 Å². The van der Waals surface area contributed by atoms with Gasteiger partial charge in [0.2, 0.25) is 22.4 Å². The fourth-order valence-electron chi connectivity index (χ4n) is 2.38. The van der Waals surface area contributed by atoms with E-state index in [-0.39, 0.29) is 0 Å². The Kier molecular flexibility index (Phi) is 3.81. The SMILES string of the molecule is Cc1sc[n+](-c2cc(C#N)cc(-[n+]3csc(C)c3C)c2)c1C. The van der Waals surface area contributed by atoms with Gasteiger partial charge in [-0.05, 0) is 13.8 Å². The second kappa shape index (κ2) is 5.64. The molecule has 5 heteroatoms. The Balaban J connectivity index is 2.22. The Bertz CT molecular complexity index is 833. The molecule has 0 aliphatic heterocycles. The second-order valence-electron chi connectivity index (χ2n) is 5.32. The van der Waals surface area contributed by atoms with Crippen LogP contribution in [0.1, 0.15) is 26.7 Å². The number of rotatable bonds is 2. The van der Waals surface area contributed by atoms with Gasteiger partial charge in [0.15, 0.2) is 11.4 Å². The van der Waals surface area contributed by atoms with E-state index in [0.717, 1.165) is 11.4 Å². The second-order valence-corrected chi connectivity index (χ2v) is 7.44. The van der Waals surface area contributed by atoms with Crippen molar-refractivity contribution in [2.45, 2.75) is 27.7 Å². The molecule has 1 aromatic carbocycles. The van der Waals surface area contributed by atoms with Gasteiger partial charge in [0, 0.05) is 26.0 Å². The summed E-state index contributed by atoms with van der Waals surface area (Å²) in [6, 6.07) is 8.30. The molecule has 0 bridgehead atoms. The summed E-state index contributed by atoms with van der Waals surface area (Å²) < 4.78 is 4.30. The molecule has 110 valence electrons. The van der Waals surface area contributed by atoms with Crippen molar-refractivity contribution in [3.8, 4) is 17.4 Å². The van der Waals surface area contributed by atoms with Gasteiger partial charge in [-0.1, -0.05) is 22.7 Å². The van der Waals surface area contributed by atoms with Gasteiger partial charge in [0.1, 0.15) is 0 Å². The van der Waals surface area contributed by atoms with E-state index >= 15 is 0 Å². The lowest BCUT2D eigenvalue weighted by Gasteiger charge is -1.99. The van der Waals surface area contributed by atoms with Gasteiger partial charge >= 0.3 is 0 Å². The number of benzene rings is 1. The van der Waals surface area contributed by atoms with Gasteiger partial charge < -0.3 is 0 Å². The van der Waals surface area contributed by atoms with E-state index in [1.807, 2.05) is 12.1 Å². The number of thiazole rings is 2. The van der Waals surface area contributed by atoms with Gasteiger partial charge in [-0.25, -0.2) is 0 Å². The summed E-state index contributed by atoms with van der Waals surface area (Å²) >= 11 is 3.45. The van der Waals surface area contributed by atoms with Gasteiger partial charge in [-0.15, -0.1) is 0 Å². The average molecular weight is 327 g/mol. The monoisotopic (exact) mass is 327 g/mol. The van der Waals surface area contributed by atoms with Crippen LogP contribution in [0.2, 0.25) is 0 Å². The summed E-state index contributed by atoms with van der Waals surface area (Å²) in [5, 5.41) is 9.37. The highest BCUT2D eigenvalue weighted by Crippen LogP contribution is 2.17. The molecule has 2 aromatic heterocycles. The maximum atomic E-state index is 9.37. The molecule has 0 aliphatic rings. The first-order chi connectivity index (χ1) is 10.5. The molecule has 0 atom stereocenters. The molecule has 0 aliphatic carbocycles. The molecule has 3 nitrogen and oxygen atoms in total. The molecule has 0 radical (unpaired) electrons. The normalized spacial score (nSPS) is 10.7. The first-order valence-electron chi connectivity index (χ1n) is 7.00. The highest BCUT2D eigenvalue weighted by molar-refractivity contribution is 7.09. The quantitative estimate of drug-likeness (QED) is 0.663. The minimum atomic E-state index is 0.680. The van der Waals surface area contributed by atoms with E-state index in [9.17, 15) is 5.26 Å². The maximum Gasteiger partial charge on any atom is 0.231 e. The lowest BCUT2D eigenvalue weighted by atomic mass is 10.1. The molecular formula is C17H17N3S2+2. The zero-order valence-corrected chi connectivity index (χ0v) is 14.7. The number of aryl methyl sites for hydroxylation is 2. The van der Waals surface area contributed by atoms with Crippen LogP contribution >= 0.6 is 22.7 Å². The van der Waals surface area contributed by atoms with Crippen LogP contribution in [-0.4, -0.2) is 0 Å². The van der Waals surface area contributed by atoms with Gasteiger partial charge in [0.25, 0.3) is 0 Å². The highest BCUT2D eigenvalue weighted by atomic mass is 32.1. The van der Waals surface area contributed by atoms with E-state index in [4.69, 9.17) is 0 Å². The van der Waals surface area contributed by atoms with Crippen molar-refractivity contribution >= 4 is 22.7 Å². The lowest BCUT2D eigenvalue weighted by molar-refractivity contribution is -0.605. The summed E-state index contributed by atoms with van der Waals surface area (Å²) in [5.41, 5.74) is 9.38. The molecular weight excluding hydrogens is 310 g/mol.